The highest BCUT2D eigenvalue weighted by atomic mass is 35.5. The van der Waals surface area contributed by atoms with Gasteiger partial charge in [0.2, 0.25) is 5.91 Å². The molecule has 2 unspecified atom stereocenters. The number of benzene rings is 1. The lowest BCUT2D eigenvalue weighted by atomic mass is 10.1. The molecule has 0 heterocycles. The summed E-state index contributed by atoms with van der Waals surface area (Å²) >= 11 is 11.7. The topological polar surface area (TPSA) is 61.4 Å². The second kappa shape index (κ2) is 9.42. The number of carbonyl (C=O) groups is 1. The number of carbonyl (C=O) groups excluding carboxylic acids is 1. The SMILES string of the molecule is CNCC(C)C(=O)NCC(O)c1cc(Cl)cc(Cl)c1.Cl. The smallest absolute Gasteiger partial charge is 0.224 e. The van der Waals surface area contributed by atoms with Crippen LogP contribution in [0.1, 0.15) is 18.6 Å². The number of hydrogen-bond acceptors (Lipinski definition) is 3. The monoisotopic (exact) mass is 340 g/mol. The Morgan fingerprint density at radius 1 is 1.25 bits per heavy atom. The van der Waals surface area contributed by atoms with E-state index in [1.807, 2.05) is 6.92 Å². The zero-order valence-electron chi connectivity index (χ0n) is 11.3. The van der Waals surface area contributed by atoms with Crippen molar-refractivity contribution in [2.45, 2.75) is 13.0 Å². The lowest BCUT2D eigenvalue weighted by Crippen LogP contribution is -2.36. The molecule has 0 radical (unpaired) electrons. The molecule has 3 N–H and O–H groups in total. The fraction of sp³-hybridized carbons (Fsp3) is 0.462. The van der Waals surface area contributed by atoms with E-state index in [9.17, 15) is 9.90 Å². The standard InChI is InChI=1S/C13H18Cl2N2O2.ClH/c1-8(6-16-2)13(19)17-7-12(18)9-3-10(14)5-11(15)4-9;/h3-5,8,12,16,18H,6-7H2,1-2H3,(H,17,19);1H. The Balaban J connectivity index is 0.00000361. The van der Waals surface area contributed by atoms with E-state index >= 15 is 0 Å². The average molecular weight is 342 g/mol. The van der Waals surface area contributed by atoms with E-state index in [2.05, 4.69) is 10.6 Å². The summed E-state index contributed by atoms with van der Waals surface area (Å²) in [4.78, 5) is 11.7. The summed E-state index contributed by atoms with van der Waals surface area (Å²) in [6, 6.07) is 4.84. The molecule has 0 bridgehead atoms. The highest BCUT2D eigenvalue weighted by molar-refractivity contribution is 6.34. The Bertz CT molecular complexity index is 423. The third kappa shape index (κ3) is 6.29. The molecule has 0 saturated carbocycles. The zero-order chi connectivity index (χ0) is 14.4. The van der Waals surface area contributed by atoms with Crippen molar-refractivity contribution in [1.29, 1.82) is 0 Å². The predicted molar refractivity (Wildman–Crippen MR) is 84.8 cm³/mol. The lowest BCUT2D eigenvalue weighted by Gasteiger charge is -2.15. The number of aliphatic hydroxyl groups is 1. The maximum absolute atomic E-state index is 11.7. The van der Waals surface area contributed by atoms with E-state index in [-0.39, 0.29) is 30.8 Å². The Labute approximate surface area is 135 Å². The molecule has 1 amide bonds. The van der Waals surface area contributed by atoms with E-state index in [1.54, 1.807) is 25.2 Å². The molecule has 0 aliphatic carbocycles. The minimum absolute atomic E-state index is 0. The van der Waals surface area contributed by atoms with Gasteiger partial charge in [0.1, 0.15) is 0 Å². The Hall–Kier alpha value is -0.520. The van der Waals surface area contributed by atoms with Gasteiger partial charge in [0.05, 0.1) is 6.10 Å². The number of aliphatic hydroxyl groups excluding tert-OH is 1. The maximum atomic E-state index is 11.7. The third-order valence-corrected chi connectivity index (χ3v) is 3.13. The second-order valence-corrected chi connectivity index (χ2v) is 5.30. The van der Waals surface area contributed by atoms with E-state index in [0.717, 1.165) is 0 Å². The predicted octanol–water partition coefficient (Wildman–Crippen LogP) is 2.42. The molecule has 0 aromatic heterocycles. The summed E-state index contributed by atoms with van der Waals surface area (Å²) in [5.74, 6) is -0.262. The molecule has 20 heavy (non-hydrogen) atoms. The van der Waals surface area contributed by atoms with Crippen LogP contribution >= 0.6 is 35.6 Å². The maximum Gasteiger partial charge on any atom is 0.224 e. The van der Waals surface area contributed by atoms with Crippen molar-refractivity contribution in [2.75, 3.05) is 20.1 Å². The summed E-state index contributed by atoms with van der Waals surface area (Å²) in [5, 5.41) is 16.5. The van der Waals surface area contributed by atoms with Gasteiger partial charge < -0.3 is 15.7 Å². The molecule has 0 spiro atoms. The second-order valence-electron chi connectivity index (χ2n) is 4.42. The summed E-state index contributed by atoms with van der Waals surface area (Å²) in [7, 11) is 1.78. The molecule has 1 aromatic carbocycles. The molecular weight excluding hydrogens is 323 g/mol. The van der Waals surface area contributed by atoms with Gasteiger partial charge >= 0.3 is 0 Å². The normalized spacial score (nSPS) is 13.2. The lowest BCUT2D eigenvalue weighted by molar-refractivity contribution is -0.124. The van der Waals surface area contributed by atoms with Crippen LogP contribution in [0.4, 0.5) is 0 Å². The molecule has 7 heteroatoms. The summed E-state index contributed by atoms with van der Waals surface area (Å²) in [5.41, 5.74) is 0.582. The fourth-order valence-electron chi connectivity index (χ4n) is 1.66. The first-order chi connectivity index (χ1) is 8.93. The van der Waals surface area contributed by atoms with E-state index in [4.69, 9.17) is 23.2 Å². The Kier molecular flexibility index (Phi) is 9.18. The van der Waals surface area contributed by atoms with Crippen molar-refractivity contribution in [3.05, 3.63) is 33.8 Å². The molecular formula is C13H19Cl3N2O2. The van der Waals surface area contributed by atoms with Gasteiger partial charge in [0.25, 0.3) is 0 Å². The highest BCUT2D eigenvalue weighted by Gasteiger charge is 2.15. The van der Waals surface area contributed by atoms with Gasteiger partial charge in [-0.1, -0.05) is 30.1 Å². The van der Waals surface area contributed by atoms with Gasteiger partial charge in [-0.2, -0.15) is 0 Å². The fourth-order valence-corrected chi connectivity index (χ4v) is 2.20. The van der Waals surface area contributed by atoms with Crippen LogP contribution in [-0.4, -0.2) is 31.2 Å². The van der Waals surface area contributed by atoms with Crippen LogP contribution in [0.15, 0.2) is 18.2 Å². The van der Waals surface area contributed by atoms with E-state index in [0.29, 0.717) is 22.2 Å². The first-order valence-electron chi connectivity index (χ1n) is 6.00. The molecule has 0 saturated heterocycles. The number of hydrogen-bond donors (Lipinski definition) is 3. The van der Waals surface area contributed by atoms with Crippen molar-refractivity contribution in [2.24, 2.45) is 5.92 Å². The largest absolute Gasteiger partial charge is 0.387 e. The molecule has 114 valence electrons. The van der Waals surface area contributed by atoms with Crippen molar-refractivity contribution in [3.8, 4) is 0 Å². The van der Waals surface area contributed by atoms with Crippen LogP contribution in [0.5, 0.6) is 0 Å². The first kappa shape index (κ1) is 19.5. The quantitative estimate of drug-likeness (QED) is 0.744. The van der Waals surface area contributed by atoms with Gasteiger partial charge in [0, 0.05) is 29.1 Å². The molecule has 4 nitrogen and oxygen atoms in total. The van der Waals surface area contributed by atoms with Crippen LogP contribution in [0.2, 0.25) is 10.0 Å². The van der Waals surface area contributed by atoms with Gasteiger partial charge in [-0.25, -0.2) is 0 Å². The summed E-state index contributed by atoms with van der Waals surface area (Å²) < 4.78 is 0. The van der Waals surface area contributed by atoms with Gasteiger partial charge in [0.15, 0.2) is 0 Å². The van der Waals surface area contributed by atoms with E-state index in [1.165, 1.54) is 0 Å². The first-order valence-corrected chi connectivity index (χ1v) is 6.76. The molecule has 2 atom stereocenters. The van der Waals surface area contributed by atoms with Crippen LogP contribution in [0.3, 0.4) is 0 Å². The molecule has 0 fully saturated rings. The number of amides is 1. The molecule has 1 aromatic rings. The highest BCUT2D eigenvalue weighted by Crippen LogP contribution is 2.23. The molecule has 0 aliphatic rings. The average Bonchev–Trinajstić information content (AvgIpc) is 2.34. The van der Waals surface area contributed by atoms with Gasteiger partial charge in [-0.15, -0.1) is 12.4 Å². The number of halogens is 3. The van der Waals surface area contributed by atoms with Gasteiger partial charge in [-0.05, 0) is 30.8 Å². The zero-order valence-corrected chi connectivity index (χ0v) is 13.6. The van der Waals surface area contributed by atoms with Crippen LogP contribution in [-0.2, 0) is 4.79 Å². The number of rotatable bonds is 6. The van der Waals surface area contributed by atoms with Crippen molar-refractivity contribution in [3.63, 3.8) is 0 Å². The van der Waals surface area contributed by atoms with Crippen LogP contribution < -0.4 is 10.6 Å². The van der Waals surface area contributed by atoms with Crippen molar-refractivity contribution < 1.29 is 9.90 Å². The molecule has 0 aliphatic heterocycles. The third-order valence-electron chi connectivity index (χ3n) is 2.70. The Morgan fingerprint density at radius 3 is 2.30 bits per heavy atom. The van der Waals surface area contributed by atoms with Crippen molar-refractivity contribution >= 4 is 41.5 Å². The van der Waals surface area contributed by atoms with Crippen LogP contribution in [0.25, 0.3) is 0 Å². The summed E-state index contributed by atoms with van der Waals surface area (Å²) in [6.45, 7) is 2.53. The van der Waals surface area contributed by atoms with Crippen LogP contribution in [0, 0.1) is 5.92 Å². The number of nitrogens with one attached hydrogen (secondary N) is 2. The van der Waals surface area contributed by atoms with Gasteiger partial charge in [-0.3, -0.25) is 4.79 Å². The minimum Gasteiger partial charge on any atom is -0.387 e. The minimum atomic E-state index is -0.832. The molecule has 1 rings (SSSR count). The summed E-state index contributed by atoms with van der Waals surface area (Å²) in [6.07, 6.45) is -0.832. The Morgan fingerprint density at radius 2 is 1.80 bits per heavy atom. The van der Waals surface area contributed by atoms with Crippen molar-refractivity contribution in [1.82, 2.24) is 10.6 Å². The van der Waals surface area contributed by atoms with E-state index < -0.39 is 6.10 Å².